The van der Waals surface area contributed by atoms with Gasteiger partial charge >= 0.3 is 6.09 Å². The fraction of sp³-hybridized carbons (Fsp3) is 0.556. The molecule has 0 atom stereocenters. The number of hydrogen-bond acceptors (Lipinski definition) is 5. The summed E-state index contributed by atoms with van der Waals surface area (Å²) in [5.41, 5.74) is 0.287. The summed E-state index contributed by atoms with van der Waals surface area (Å²) in [7, 11) is -3.74. The third-order valence-electron chi connectivity index (χ3n) is 4.83. The zero-order valence-electron chi connectivity index (χ0n) is 15.5. The van der Waals surface area contributed by atoms with E-state index in [1.165, 1.54) is 6.07 Å². The molecule has 27 heavy (non-hydrogen) atoms. The van der Waals surface area contributed by atoms with Gasteiger partial charge in [-0.2, -0.15) is 0 Å². The molecule has 1 heterocycles. The molecule has 0 radical (unpaired) electrons. The van der Waals surface area contributed by atoms with Crippen molar-refractivity contribution in [3.05, 3.63) is 23.0 Å². The first-order valence-electron chi connectivity index (χ1n) is 8.83. The third-order valence-corrected chi connectivity index (χ3v) is 7.58. The number of nitrogens with one attached hydrogen (secondary N) is 1. The number of nitrogens with zero attached hydrogens (tertiary/aromatic N) is 1. The van der Waals surface area contributed by atoms with Crippen molar-refractivity contribution < 1.29 is 22.7 Å². The van der Waals surface area contributed by atoms with Crippen molar-refractivity contribution in [2.24, 2.45) is 0 Å². The molecule has 1 aliphatic rings. The Morgan fingerprint density at radius 1 is 1.26 bits per heavy atom. The number of benzene rings is 1. The average molecular weight is 415 g/mol. The first-order valence-corrected chi connectivity index (χ1v) is 10.8. The predicted molar refractivity (Wildman–Crippen MR) is 102 cm³/mol. The van der Waals surface area contributed by atoms with Crippen molar-refractivity contribution in [1.29, 1.82) is 0 Å². The number of amides is 1. The maximum atomic E-state index is 13.3. The molecule has 2 N–H and O–H groups in total. The molecule has 0 bridgehead atoms. The second-order valence-electron chi connectivity index (χ2n) is 7.96. The van der Waals surface area contributed by atoms with Crippen molar-refractivity contribution in [3.8, 4) is 0 Å². The molecule has 1 saturated carbocycles. The molecule has 3 rings (SSSR count). The maximum Gasteiger partial charge on any atom is 0.404 e. The van der Waals surface area contributed by atoms with Crippen LogP contribution in [0.3, 0.4) is 0 Å². The molecule has 1 fully saturated rings. The zero-order chi connectivity index (χ0) is 20.0. The second kappa shape index (κ2) is 6.98. The minimum absolute atomic E-state index is 0.0145. The van der Waals surface area contributed by atoms with Gasteiger partial charge in [-0.3, -0.25) is 0 Å². The SMILES string of the molecule is CC(C)(C)c1nc2ccc(Cl)c(S(=O)(=O)C3CCC(NC(=O)O)CC3)c2o1. The summed E-state index contributed by atoms with van der Waals surface area (Å²) in [4.78, 5) is 15.2. The minimum Gasteiger partial charge on any atom is -0.465 e. The highest BCUT2D eigenvalue weighted by Gasteiger charge is 2.36. The Labute approximate surface area is 163 Å². The third kappa shape index (κ3) is 3.91. The number of fused-ring (bicyclic) bond motifs is 1. The van der Waals surface area contributed by atoms with Crippen molar-refractivity contribution in [2.75, 3.05) is 0 Å². The zero-order valence-corrected chi connectivity index (χ0v) is 17.0. The van der Waals surface area contributed by atoms with Crippen molar-refractivity contribution >= 4 is 38.6 Å². The molecule has 148 valence electrons. The number of sulfone groups is 1. The van der Waals surface area contributed by atoms with Crippen LogP contribution >= 0.6 is 11.6 Å². The van der Waals surface area contributed by atoms with Crippen molar-refractivity contribution in [2.45, 2.75) is 68.1 Å². The van der Waals surface area contributed by atoms with Crippen LogP contribution in [-0.2, 0) is 15.3 Å². The van der Waals surface area contributed by atoms with E-state index in [1.54, 1.807) is 6.07 Å². The number of hydrogen-bond donors (Lipinski definition) is 2. The molecule has 0 spiro atoms. The van der Waals surface area contributed by atoms with E-state index in [0.717, 1.165) is 0 Å². The van der Waals surface area contributed by atoms with E-state index in [0.29, 0.717) is 37.1 Å². The molecule has 0 unspecified atom stereocenters. The number of oxazole rings is 1. The first-order chi connectivity index (χ1) is 12.5. The summed E-state index contributed by atoms with van der Waals surface area (Å²) in [6.45, 7) is 5.80. The van der Waals surface area contributed by atoms with E-state index in [9.17, 15) is 13.2 Å². The lowest BCUT2D eigenvalue weighted by Gasteiger charge is -2.28. The van der Waals surface area contributed by atoms with Crippen LogP contribution in [0.4, 0.5) is 4.79 Å². The Balaban J connectivity index is 1.97. The van der Waals surface area contributed by atoms with Crippen LogP contribution in [0.5, 0.6) is 0 Å². The fourth-order valence-corrected chi connectivity index (χ4v) is 5.83. The molecule has 9 heteroatoms. The Morgan fingerprint density at radius 3 is 2.44 bits per heavy atom. The smallest absolute Gasteiger partial charge is 0.404 e. The Bertz CT molecular complexity index is 970. The van der Waals surface area contributed by atoms with Crippen LogP contribution in [0.2, 0.25) is 5.02 Å². The molecule has 0 aliphatic heterocycles. The summed E-state index contributed by atoms with van der Waals surface area (Å²) in [6, 6.07) is 2.96. The van der Waals surface area contributed by atoms with Gasteiger partial charge in [0.2, 0.25) is 5.89 Å². The van der Waals surface area contributed by atoms with E-state index in [-0.39, 0.29) is 27.0 Å². The van der Waals surface area contributed by atoms with Gasteiger partial charge in [0.15, 0.2) is 15.4 Å². The predicted octanol–water partition coefficient (Wildman–Crippen LogP) is 4.13. The highest BCUT2D eigenvalue weighted by atomic mass is 35.5. The van der Waals surface area contributed by atoms with Crippen LogP contribution in [0.1, 0.15) is 52.3 Å². The number of carboxylic acid groups (broad SMARTS) is 1. The summed E-state index contributed by atoms with van der Waals surface area (Å²) in [5, 5.41) is 10.7. The van der Waals surface area contributed by atoms with E-state index in [4.69, 9.17) is 21.1 Å². The maximum absolute atomic E-state index is 13.3. The summed E-state index contributed by atoms with van der Waals surface area (Å²) >= 11 is 6.27. The number of carbonyl (C=O) groups is 1. The highest BCUT2D eigenvalue weighted by molar-refractivity contribution is 7.92. The normalized spacial score (nSPS) is 21.3. The van der Waals surface area contributed by atoms with Gasteiger partial charge in [-0.05, 0) is 37.8 Å². The van der Waals surface area contributed by atoms with Crippen LogP contribution in [0.25, 0.3) is 11.1 Å². The molecule has 1 aromatic carbocycles. The summed E-state index contributed by atoms with van der Waals surface area (Å²) in [5.74, 6) is 0.450. The Morgan fingerprint density at radius 2 is 1.89 bits per heavy atom. The van der Waals surface area contributed by atoms with Gasteiger partial charge in [-0.1, -0.05) is 32.4 Å². The van der Waals surface area contributed by atoms with Crippen LogP contribution in [0.15, 0.2) is 21.4 Å². The Hall–Kier alpha value is -1.80. The van der Waals surface area contributed by atoms with E-state index in [2.05, 4.69) is 10.3 Å². The standard InChI is InChI=1S/C18H23ClN2O5S/c1-18(2,3)16-21-13-9-8-12(19)15(14(13)26-16)27(24,25)11-6-4-10(5-7-11)20-17(22)23/h8-11,20H,4-7H2,1-3H3,(H,22,23). The van der Waals surface area contributed by atoms with E-state index < -0.39 is 21.2 Å². The average Bonchev–Trinajstić information content (AvgIpc) is 2.98. The van der Waals surface area contributed by atoms with Gasteiger partial charge in [0.05, 0.1) is 10.3 Å². The number of halogens is 1. The van der Waals surface area contributed by atoms with Crippen LogP contribution < -0.4 is 5.32 Å². The number of aromatic nitrogens is 1. The number of rotatable bonds is 3. The minimum atomic E-state index is -3.74. The molecule has 2 aromatic rings. The van der Waals surface area contributed by atoms with Gasteiger partial charge < -0.3 is 14.8 Å². The molecule has 1 aliphatic carbocycles. The first kappa shape index (κ1) is 19.9. The van der Waals surface area contributed by atoms with Crippen LogP contribution in [-0.4, -0.2) is 35.9 Å². The van der Waals surface area contributed by atoms with Gasteiger partial charge in [0.25, 0.3) is 0 Å². The highest BCUT2D eigenvalue weighted by Crippen LogP contribution is 2.38. The van der Waals surface area contributed by atoms with Gasteiger partial charge in [-0.15, -0.1) is 0 Å². The van der Waals surface area contributed by atoms with Gasteiger partial charge in [-0.25, -0.2) is 18.2 Å². The van der Waals surface area contributed by atoms with E-state index >= 15 is 0 Å². The van der Waals surface area contributed by atoms with E-state index in [1.807, 2.05) is 20.8 Å². The molecule has 1 aromatic heterocycles. The quantitative estimate of drug-likeness (QED) is 0.781. The van der Waals surface area contributed by atoms with Crippen molar-refractivity contribution in [3.63, 3.8) is 0 Å². The topological polar surface area (TPSA) is 110 Å². The monoisotopic (exact) mass is 414 g/mol. The molecular formula is C18H23ClN2O5S. The summed E-state index contributed by atoms with van der Waals surface area (Å²) < 4.78 is 32.4. The van der Waals surface area contributed by atoms with Crippen molar-refractivity contribution in [1.82, 2.24) is 10.3 Å². The summed E-state index contributed by atoms with van der Waals surface area (Å²) in [6.07, 6.45) is 0.562. The lowest BCUT2D eigenvalue weighted by molar-refractivity contribution is 0.186. The molecule has 0 saturated heterocycles. The molecular weight excluding hydrogens is 392 g/mol. The Kier molecular flexibility index (Phi) is 5.16. The van der Waals surface area contributed by atoms with Gasteiger partial charge in [0.1, 0.15) is 10.4 Å². The lowest BCUT2D eigenvalue weighted by Crippen LogP contribution is -2.39. The van der Waals surface area contributed by atoms with Gasteiger partial charge in [0, 0.05) is 11.5 Å². The fourth-order valence-electron chi connectivity index (χ4n) is 3.39. The molecule has 7 nitrogen and oxygen atoms in total. The second-order valence-corrected chi connectivity index (χ2v) is 10.5. The van der Waals surface area contributed by atoms with Crippen LogP contribution in [0, 0.1) is 0 Å². The molecule has 1 amide bonds. The lowest BCUT2D eigenvalue weighted by atomic mass is 9.95. The largest absolute Gasteiger partial charge is 0.465 e.